The number of rotatable bonds is 2. The summed E-state index contributed by atoms with van der Waals surface area (Å²) in [6.45, 7) is 3.91. The van der Waals surface area contributed by atoms with E-state index in [1.165, 1.54) is 12.1 Å². The molecule has 0 heterocycles. The van der Waals surface area contributed by atoms with Gasteiger partial charge < -0.3 is 10.5 Å². The minimum atomic E-state index is -0.286. The molecule has 3 heteroatoms. The van der Waals surface area contributed by atoms with Gasteiger partial charge in [-0.3, -0.25) is 0 Å². The highest BCUT2D eigenvalue weighted by atomic mass is 19.1. The van der Waals surface area contributed by atoms with E-state index in [1.54, 1.807) is 12.1 Å². The molecule has 0 atom stereocenters. The van der Waals surface area contributed by atoms with Crippen LogP contribution in [0.5, 0.6) is 11.5 Å². The second kappa shape index (κ2) is 4.45. The van der Waals surface area contributed by atoms with E-state index in [1.807, 2.05) is 26.0 Å². The molecule has 2 aromatic rings. The van der Waals surface area contributed by atoms with Crippen LogP contribution in [0.4, 0.5) is 10.1 Å². The molecule has 2 N–H and O–H groups in total. The van der Waals surface area contributed by atoms with Crippen molar-refractivity contribution in [1.29, 1.82) is 0 Å². The number of halogens is 1. The van der Waals surface area contributed by atoms with E-state index in [2.05, 4.69) is 0 Å². The first-order chi connectivity index (χ1) is 8.06. The first-order valence-electron chi connectivity index (χ1n) is 5.36. The number of nitrogens with two attached hydrogens (primary N) is 1. The van der Waals surface area contributed by atoms with Gasteiger partial charge in [0.25, 0.3) is 0 Å². The van der Waals surface area contributed by atoms with Crippen molar-refractivity contribution in [3.63, 3.8) is 0 Å². The molecule has 0 bridgehead atoms. The van der Waals surface area contributed by atoms with Crippen LogP contribution in [-0.4, -0.2) is 0 Å². The monoisotopic (exact) mass is 231 g/mol. The molecule has 0 radical (unpaired) electrons. The largest absolute Gasteiger partial charge is 0.455 e. The first-order valence-corrected chi connectivity index (χ1v) is 5.36. The summed E-state index contributed by atoms with van der Waals surface area (Å²) < 4.78 is 18.4. The maximum absolute atomic E-state index is 12.8. The number of ether oxygens (including phenoxy) is 1. The van der Waals surface area contributed by atoms with Crippen molar-refractivity contribution in [3.05, 3.63) is 53.3 Å². The van der Waals surface area contributed by atoms with Gasteiger partial charge in [-0.2, -0.15) is 0 Å². The zero-order chi connectivity index (χ0) is 12.4. The minimum absolute atomic E-state index is 0.286. The lowest BCUT2D eigenvalue weighted by Crippen LogP contribution is -1.96. The Morgan fingerprint density at radius 2 is 1.71 bits per heavy atom. The average molecular weight is 231 g/mol. The molecule has 0 saturated carbocycles. The first kappa shape index (κ1) is 11.5. The van der Waals surface area contributed by atoms with Gasteiger partial charge in [0, 0.05) is 0 Å². The molecule has 0 aliphatic carbocycles. The highest BCUT2D eigenvalue weighted by Crippen LogP contribution is 2.31. The van der Waals surface area contributed by atoms with Crippen molar-refractivity contribution in [3.8, 4) is 11.5 Å². The third-order valence-electron chi connectivity index (χ3n) is 2.53. The molecule has 88 valence electrons. The fourth-order valence-corrected chi connectivity index (χ4v) is 1.65. The van der Waals surface area contributed by atoms with Crippen LogP contribution in [0.15, 0.2) is 36.4 Å². The van der Waals surface area contributed by atoms with Gasteiger partial charge in [0.2, 0.25) is 0 Å². The molecular weight excluding hydrogens is 217 g/mol. The topological polar surface area (TPSA) is 35.2 Å². The zero-order valence-electron chi connectivity index (χ0n) is 9.83. The predicted octanol–water partition coefficient (Wildman–Crippen LogP) is 3.82. The normalized spacial score (nSPS) is 10.3. The van der Waals surface area contributed by atoms with Crippen molar-refractivity contribution < 1.29 is 9.13 Å². The lowest BCUT2D eigenvalue weighted by atomic mass is 10.1. The summed E-state index contributed by atoms with van der Waals surface area (Å²) in [6.07, 6.45) is 0. The van der Waals surface area contributed by atoms with Gasteiger partial charge in [-0.05, 0) is 55.3 Å². The SMILES string of the molecule is Cc1cc(C)c(N)c(Oc2ccc(F)cc2)c1. The maximum Gasteiger partial charge on any atom is 0.150 e. The van der Waals surface area contributed by atoms with Crippen molar-refractivity contribution in [1.82, 2.24) is 0 Å². The fraction of sp³-hybridized carbons (Fsp3) is 0.143. The molecule has 2 nitrogen and oxygen atoms in total. The molecule has 0 unspecified atom stereocenters. The van der Waals surface area contributed by atoms with Gasteiger partial charge in [0.05, 0.1) is 5.69 Å². The molecule has 17 heavy (non-hydrogen) atoms. The minimum Gasteiger partial charge on any atom is -0.455 e. The van der Waals surface area contributed by atoms with Crippen molar-refractivity contribution in [2.45, 2.75) is 13.8 Å². The third-order valence-corrected chi connectivity index (χ3v) is 2.53. The van der Waals surface area contributed by atoms with E-state index in [9.17, 15) is 4.39 Å². The Bertz CT molecular complexity index is 535. The second-order valence-corrected chi connectivity index (χ2v) is 4.05. The number of hydrogen-bond acceptors (Lipinski definition) is 2. The fourth-order valence-electron chi connectivity index (χ4n) is 1.65. The molecule has 0 aromatic heterocycles. The molecular formula is C14H14FNO. The van der Waals surface area contributed by atoms with Gasteiger partial charge in [0.1, 0.15) is 11.6 Å². The van der Waals surface area contributed by atoms with E-state index >= 15 is 0 Å². The van der Waals surface area contributed by atoms with Gasteiger partial charge in [-0.15, -0.1) is 0 Å². The molecule has 0 saturated heterocycles. The smallest absolute Gasteiger partial charge is 0.150 e. The van der Waals surface area contributed by atoms with Crippen LogP contribution in [0.1, 0.15) is 11.1 Å². The van der Waals surface area contributed by atoms with E-state index in [0.717, 1.165) is 11.1 Å². The van der Waals surface area contributed by atoms with Crippen LogP contribution in [0, 0.1) is 19.7 Å². The zero-order valence-corrected chi connectivity index (χ0v) is 9.83. The maximum atomic E-state index is 12.8. The summed E-state index contributed by atoms with van der Waals surface area (Å²) in [5.74, 6) is 0.892. The summed E-state index contributed by atoms with van der Waals surface area (Å²) in [7, 11) is 0. The molecule has 2 aromatic carbocycles. The number of nitrogen functional groups attached to an aromatic ring is 1. The van der Waals surface area contributed by atoms with Gasteiger partial charge in [0.15, 0.2) is 5.75 Å². The third kappa shape index (κ3) is 2.56. The second-order valence-electron chi connectivity index (χ2n) is 4.05. The van der Waals surface area contributed by atoms with Crippen LogP contribution in [0.3, 0.4) is 0 Å². The van der Waals surface area contributed by atoms with Crippen molar-refractivity contribution in [2.24, 2.45) is 0 Å². The highest BCUT2D eigenvalue weighted by Gasteiger charge is 2.06. The molecule has 0 aliphatic heterocycles. The van der Waals surface area contributed by atoms with E-state index in [-0.39, 0.29) is 5.82 Å². The van der Waals surface area contributed by atoms with Crippen LogP contribution < -0.4 is 10.5 Å². The predicted molar refractivity (Wildman–Crippen MR) is 66.8 cm³/mol. The summed E-state index contributed by atoms with van der Waals surface area (Å²) in [4.78, 5) is 0. The Morgan fingerprint density at radius 1 is 1.06 bits per heavy atom. The lowest BCUT2D eigenvalue weighted by Gasteiger charge is -2.11. The Hall–Kier alpha value is -2.03. The summed E-state index contributed by atoms with van der Waals surface area (Å²) in [6, 6.07) is 9.72. The van der Waals surface area contributed by atoms with E-state index < -0.39 is 0 Å². The Balaban J connectivity index is 2.32. The van der Waals surface area contributed by atoms with Crippen molar-refractivity contribution >= 4 is 5.69 Å². The van der Waals surface area contributed by atoms with E-state index in [0.29, 0.717) is 17.2 Å². The van der Waals surface area contributed by atoms with Gasteiger partial charge >= 0.3 is 0 Å². The van der Waals surface area contributed by atoms with Crippen LogP contribution in [0.25, 0.3) is 0 Å². The molecule has 0 amide bonds. The average Bonchev–Trinajstić information content (AvgIpc) is 2.28. The highest BCUT2D eigenvalue weighted by molar-refractivity contribution is 5.60. The number of hydrogen-bond donors (Lipinski definition) is 1. The van der Waals surface area contributed by atoms with Crippen molar-refractivity contribution in [2.75, 3.05) is 5.73 Å². The molecule has 2 rings (SSSR count). The Labute approximate surface area is 99.8 Å². The number of aryl methyl sites for hydroxylation is 2. The summed E-state index contributed by atoms with van der Waals surface area (Å²) in [5, 5.41) is 0. The van der Waals surface area contributed by atoms with E-state index in [4.69, 9.17) is 10.5 Å². The Kier molecular flexibility index (Phi) is 3.00. The molecule has 0 fully saturated rings. The number of benzene rings is 2. The quantitative estimate of drug-likeness (QED) is 0.797. The Morgan fingerprint density at radius 3 is 2.35 bits per heavy atom. The standard InChI is InChI=1S/C14H14FNO/c1-9-7-10(2)14(16)13(8-9)17-12-5-3-11(15)4-6-12/h3-8H,16H2,1-2H3. The van der Waals surface area contributed by atoms with Crippen LogP contribution in [-0.2, 0) is 0 Å². The van der Waals surface area contributed by atoms with Crippen LogP contribution >= 0.6 is 0 Å². The lowest BCUT2D eigenvalue weighted by molar-refractivity contribution is 0.482. The number of anilines is 1. The molecule has 0 spiro atoms. The summed E-state index contributed by atoms with van der Waals surface area (Å²) >= 11 is 0. The van der Waals surface area contributed by atoms with Gasteiger partial charge in [-0.1, -0.05) is 6.07 Å². The van der Waals surface area contributed by atoms with Crippen LogP contribution in [0.2, 0.25) is 0 Å². The van der Waals surface area contributed by atoms with Gasteiger partial charge in [-0.25, -0.2) is 4.39 Å². The molecule has 0 aliphatic rings. The summed E-state index contributed by atoms with van der Waals surface area (Å²) in [5.41, 5.74) is 8.59.